The Balaban J connectivity index is 1.64. The van der Waals surface area contributed by atoms with Gasteiger partial charge in [-0.3, -0.25) is 4.79 Å². The molecule has 1 heterocycles. The molecule has 0 bridgehead atoms. The minimum atomic E-state index is -0.0892. The van der Waals surface area contributed by atoms with Gasteiger partial charge >= 0.3 is 0 Å². The lowest BCUT2D eigenvalue weighted by Crippen LogP contribution is -2.34. The summed E-state index contributed by atoms with van der Waals surface area (Å²) >= 11 is 7.63. The van der Waals surface area contributed by atoms with Gasteiger partial charge in [0.25, 0.3) is 0 Å². The number of benzene rings is 2. The van der Waals surface area contributed by atoms with Crippen LogP contribution in [-0.4, -0.2) is 31.6 Å². The topological polar surface area (TPSA) is 54.5 Å². The Morgan fingerprint density at radius 1 is 1.28 bits per heavy atom. The van der Waals surface area contributed by atoms with Crippen LogP contribution < -0.4 is 15.0 Å². The van der Waals surface area contributed by atoms with E-state index in [0.29, 0.717) is 11.6 Å². The Morgan fingerprint density at radius 3 is 2.84 bits per heavy atom. The van der Waals surface area contributed by atoms with Crippen molar-refractivity contribution in [1.82, 2.24) is 10.3 Å². The van der Waals surface area contributed by atoms with E-state index in [2.05, 4.69) is 10.3 Å². The van der Waals surface area contributed by atoms with Gasteiger partial charge in [0, 0.05) is 18.6 Å². The Labute approximate surface area is 155 Å². The number of nitrogens with one attached hydrogen (secondary N) is 1. The van der Waals surface area contributed by atoms with E-state index in [1.807, 2.05) is 54.4 Å². The fraction of sp³-hybridized carbons (Fsp3) is 0.222. The molecule has 0 atom stereocenters. The zero-order valence-corrected chi connectivity index (χ0v) is 15.5. The van der Waals surface area contributed by atoms with E-state index in [1.165, 1.54) is 11.3 Å². The zero-order chi connectivity index (χ0) is 17.8. The van der Waals surface area contributed by atoms with Crippen LogP contribution >= 0.6 is 22.9 Å². The molecule has 0 aliphatic rings. The van der Waals surface area contributed by atoms with Crippen molar-refractivity contribution < 1.29 is 9.53 Å². The molecule has 0 unspecified atom stereocenters. The summed E-state index contributed by atoms with van der Waals surface area (Å²) in [6.07, 6.45) is 0. The number of carbonyl (C=O) groups is 1. The van der Waals surface area contributed by atoms with E-state index in [-0.39, 0.29) is 12.5 Å². The van der Waals surface area contributed by atoms with E-state index < -0.39 is 0 Å². The minimum absolute atomic E-state index is 0.0892. The zero-order valence-electron chi connectivity index (χ0n) is 14.0. The molecule has 3 aromatic rings. The standard InChI is InChI=1S/C18H18ClN3O2S/c1-22(11-16(23)20-10-12-6-3-4-7-13(12)19)18-21-17-14(24-2)8-5-9-15(17)25-18/h3-9H,10-11H2,1-2H3,(H,20,23). The molecule has 1 N–H and O–H groups in total. The van der Waals surface area contributed by atoms with Gasteiger partial charge in [-0.15, -0.1) is 0 Å². The summed E-state index contributed by atoms with van der Waals surface area (Å²) in [5.41, 5.74) is 1.71. The Hall–Kier alpha value is -2.31. The number of hydrogen-bond donors (Lipinski definition) is 1. The van der Waals surface area contributed by atoms with Crippen molar-refractivity contribution in [1.29, 1.82) is 0 Å². The fourth-order valence-electron chi connectivity index (χ4n) is 2.41. The monoisotopic (exact) mass is 375 g/mol. The van der Waals surface area contributed by atoms with Crippen LogP contribution in [0.2, 0.25) is 5.02 Å². The van der Waals surface area contributed by atoms with Crippen LogP contribution in [0.15, 0.2) is 42.5 Å². The molecule has 1 amide bonds. The van der Waals surface area contributed by atoms with Gasteiger partial charge in [-0.25, -0.2) is 4.98 Å². The number of para-hydroxylation sites is 1. The second kappa shape index (κ2) is 7.72. The summed E-state index contributed by atoms with van der Waals surface area (Å²) in [6, 6.07) is 13.3. The van der Waals surface area contributed by atoms with E-state index in [4.69, 9.17) is 16.3 Å². The highest BCUT2D eigenvalue weighted by molar-refractivity contribution is 7.22. The number of amides is 1. The predicted molar refractivity (Wildman–Crippen MR) is 103 cm³/mol. The molecular weight excluding hydrogens is 358 g/mol. The van der Waals surface area contributed by atoms with E-state index in [0.717, 1.165) is 26.7 Å². The number of thiazole rings is 1. The third kappa shape index (κ3) is 4.03. The number of hydrogen-bond acceptors (Lipinski definition) is 5. The van der Waals surface area contributed by atoms with Gasteiger partial charge in [0.1, 0.15) is 11.3 Å². The number of aromatic nitrogens is 1. The van der Waals surface area contributed by atoms with Crippen LogP contribution in [-0.2, 0) is 11.3 Å². The molecule has 0 aliphatic carbocycles. The third-order valence-electron chi connectivity index (χ3n) is 3.73. The predicted octanol–water partition coefficient (Wildman–Crippen LogP) is 3.71. The highest BCUT2D eigenvalue weighted by Crippen LogP contribution is 2.33. The molecule has 130 valence electrons. The van der Waals surface area contributed by atoms with Crippen LogP contribution in [0.4, 0.5) is 5.13 Å². The molecule has 0 radical (unpaired) electrons. The first-order valence-electron chi connectivity index (χ1n) is 7.73. The van der Waals surface area contributed by atoms with Gasteiger partial charge in [0.2, 0.25) is 5.91 Å². The number of ether oxygens (including phenoxy) is 1. The minimum Gasteiger partial charge on any atom is -0.494 e. The average molecular weight is 376 g/mol. The Bertz CT molecular complexity index is 897. The van der Waals surface area contributed by atoms with E-state index in [9.17, 15) is 4.79 Å². The first kappa shape index (κ1) is 17.5. The van der Waals surface area contributed by atoms with E-state index >= 15 is 0 Å². The van der Waals surface area contributed by atoms with Crippen LogP contribution in [0, 0.1) is 0 Å². The molecule has 3 rings (SSSR count). The van der Waals surface area contributed by atoms with Gasteiger partial charge in [0.15, 0.2) is 5.13 Å². The second-order valence-corrected chi connectivity index (χ2v) is 6.94. The molecule has 0 spiro atoms. The number of fused-ring (bicyclic) bond motifs is 1. The quantitative estimate of drug-likeness (QED) is 0.713. The van der Waals surface area contributed by atoms with Crippen LogP contribution in [0.3, 0.4) is 0 Å². The molecule has 2 aromatic carbocycles. The number of carbonyl (C=O) groups excluding carboxylic acids is 1. The van der Waals surface area contributed by atoms with Crippen molar-refractivity contribution in [3.8, 4) is 5.75 Å². The number of halogens is 1. The van der Waals surface area contributed by atoms with Crippen molar-refractivity contribution in [3.63, 3.8) is 0 Å². The number of anilines is 1. The highest BCUT2D eigenvalue weighted by Gasteiger charge is 2.14. The second-order valence-electron chi connectivity index (χ2n) is 5.53. The third-order valence-corrected chi connectivity index (χ3v) is 5.24. The van der Waals surface area contributed by atoms with Crippen molar-refractivity contribution >= 4 is 44.2 Å². The largest absolute Gasteiger partial charge is 0.494 e. The van der Waals surface area contributed by atoms with Crippen molar-refractivity contribution in [2.24, 2.45) is 0 Å². The number of rotatable bonds is 6. The molecule has 0 saturated carbocycles. The maximum atomic E-state index is 12.2. The lowest BCUT2D eigenvalue weighted by Gasteiger charge is -2.15. The lowest BCUT2D eigenvalue weighted by molar-refractivity contribution is -0.119. The highest BCUT2D eigenvalue weighted by atomic mass is 35.5. The van der Waals surface area contributed by atoms with Gasteiger partial charge in [0.05, 0.1) is 18.4 Å². The lowest BCUT2D eigenvalue weighted by atomic mass is 10.2. The maximum absolute atomic E-state index is 12.2. The Morgan fingerprint density at radius 2 is 2.08 bits per heavy atom. The summed E-state index contributed by atoms with van der Waals surface area (Å²) in [5.74, 6) is 0.644. The van der Waals surface area contributed by atoms with Crippen molar-refractivity contribution in [2.45, 2.75) is 6.54 Å². The number of likely N-dealkylation sites (N-methyl/N-ethyl adjacent to an activating group) is 1. The number of nitrogens with zero attached hydrogens (tertiary/aromatic N) is 2. The van der Waals surface area contributed by atoms with Crippen LogP contribution in [0.1, 0.15) is 5.56 Å². The Kier molecular flexibility index (Phi) is 5.40. The van der Waals surface area contributed by atoms with Crippen molar-refractivity contribution in [2.75, 3.05) is 25.6 Å². The summed E-state index contributed by atoms with van der Waals surface area (Å²) in [5, 5.41) is 4.30. The number of methoxy groups -OCH3 is 1. The molecule has 0 aliphatic heterocycles. The SMILES string of the molecule is COc1cccc2sc(N(C)CC(=O)NCc3ccccc3Cl)nc12. The average Bonchev–Trinajstić information content (AvgIpc) is 3.05. The maximum Gasteiger partial charge on any atom is 0.239 e. The smallest absolute Gasteiger partial charge is 0.239 e. The van der Waals surface area contributed by atoms with Gasteiger partial charge in [-0.1, -0.05) is 47.2 Å². The molecular formula is C18H18ClN3O2S. The molecule has 25 heavy (non-hydrogen) atoms. The molecule has 5 nitrogen and oxygen atoms in total. The summed E-state index contributed by atoms with van der Waals surface area (Å²) < 4.78 is 6.36. The molecule has 7 heteroatoms. The van der Waals surface area contributed by atoms with Crippen LogP contribution in [0.25, 0.3) is 10.2 Å². The van der Waals surface area contributed by atoms with Gasteiger partial charge in [-0.2, -0.15) is 0 Å². The fourth-order valence-corrected chi connectivity index (χ4v) is 3.56. The van der Waals surface area contributed by atoms with Gasteiger partial charge < -0.3 is 15.0 Å². The summed E-state index contributed by atoms with van der Waals surface area (Å²) in [4.78, 5) is 18.6. The molecule has 0 fully saturated rings. The first-order chi connectivity index (χ1) is 12.1. The van der Waals surface area contributed by atoms with Crippen LogP contribution in [0.5, 0.6) is 5.75 Å². The van der Waals surface area contributed by atoms with Crippen molar-refractivity contribution in [3.05, 3.63) is 53.1 Å². The molecule has 1 aromatic heterocycles. The van der Waals surface area contributed by atoms with Gasteiger partial charge in [-0.05, 0) is 23.8 Å². The molecule has 0 saturated heterocycles. The summed E-state index contributed by atoms with van der Waals surface area (Å²) in [6.45, 7) is 0.618. The summed E-state index contributed by atoms with van der Waals surface area (Å²) in [7, 11) is 3.47. The normalized spacial score (nSPS) is 10.7. The first-order valence-corrected chi connectivity index (χ1v) is 8.92. The van der Waals surface area contributed by atoms with E-state index in [1.54, 1.807) is 7.11 Å².